The van der Waals surface area contributed by atoms with Gasteiger partial charge >= 0.3 is 0 Å². The smallest absolute Gasteiger partial charge is 0.218 e. The van der Waals surface area contributed by atoms with E-state index in [0.717, 1.165) is 31.5 Å². The molecule has 1 heterocycles. The van der Waals surface area contributed by atoms with E-state index in [2.05, 4.69) is 24.2 Å². The lowest BCUT2D eigenvalue weighted by Crippen LogP contribution is -2.38. The predicted molar refractivity (Wildman–Crippen MR) is 73.5 cm³/mol. The number of rotatable bonds is 5. The summed E-state index contributed by atoms with van der Waals surface area (Å²) in [7, 11) is 1.68. The van der Waals surface area contributed by atoms with Crippen molar-refractivity contribution in [2.75, 3.05) is 26.7 Å². The summed E-state index contributed by atoms with van der Waals surface area (Å²) >= 11 is 0. The van der Waals surface area contributed by atoms with Crippen LogP contribution in [0.5, 0.6) is 0 Å². The second-order valence-electron chi connectivity index (χ2n) is 3.95. The monoisotopic (exact) mass is 327 g/mol. The second-order valence-corrected chi connectivity index (χ2v) is 3.95. The molecule has 0 radical (unpaired) electrons. The van der Waals surface area contributed by atoms with Crippen molar-refractivity contribution in [2.45, 2.75) is 26.7 Å². The molecule has 1 aliphatic rings. The Morgan fingerprint density at radius 3 is 2.87 bits per heavy atom. The number of nitrogens with one attached hydrogen (secondary N) is 1. The lowest BCUT2D eigenvalue weighted by Gasteiger charge is -2.17. The topological polar surface area (TPSA) is 36.9 Å². The van der Waals surface area contributed by atoms with E-state index in [0.29, 0.717) is 0 Å². The summed E-state index contributed by atoms with van der Waals surface area (Å²) in [6, 6.07) is 0. The van der Waals surface area contributed by atoms with Gasteiger partial charge in [0.1, 0.15) is 0 Å². The Hall–Kier alpha value is -0.0400. The van der Waals surface area contributed by atoms with Crippen LogP contribution in [0.2, 0.25) is 0 Å². The van der Waals surface area contributed by atoms with Crippen molar-refractivity contribution in [3.05, 3.63) is 0 Å². The number of hydroxylamine groups is 2. The van der Waals surface area contributed by atoms with Gasteiger partial charge in [0.2, 0.25) is 5.96 Å². The van der Waals surface area contributed by atoms with E-state index in [4.69, 9.17) is 4.84 Å². The number of hydrogen-bond acceptors (Lipinski definition) is 4. The molecule has 1 aliphatic heterocycles. The molecule has 4 nitrogen and oxygen atoms in total. The van der Waals surface area contributed by atoms with Gasteiger partial charge in [0.05, 0.1) is 20.2 Å². The Morgan fingerprint density at radius 2 is 2.27 bits per heavy atom. The summed E-state index contributed by atoms with van der Waals surface area (Å²) in [5.41, 5.74) is 0. The first kappa shape index (κ1) is 15.0. The van der Waals surface area contributed by atoms with Gasteiger partial charge in [-0.3, -0.25) is 4.84 Å². The molecule has 1 rings (SSSR count). The zero-order valence-corrected chi connectivity index (χ0v) is 12.2. The molecular formula is C10H22IN3O. The highest BCUT2D eigenvalue weighted by Gasteiger charge is 2.15. The Labute approximate surface area is 109 Å². The van der Waals surface area contributed by atoms with Crippen LogP contribution in [0.4, 0.5) is 0 Å². The Kier molecular flexibility index (Phi) is 8.13. The molecule has 90 valence electrons. The SMILES string of the molecule is CON1CCN=C1NCCCC(C)C.I. The molecular weight excluding hydrogens is 305 g/mol. The van der Waals surface area contributed by atoms with E-state index in [1.807, 2.05) is 0 Å². The van der Waals surface area contributed by atoms with Gasteiger partial charge in [-0.1, -0.05) is 13.8 Å². The highest BCUT2D eigenvalue weighted by molar-refractivity contribution is 14.0. The number of guanidine groups is 1. The van der Waals surface area contributed by atoms with Crippen LogP contribution in [0.15, 0.2) is 4.99 Å². The van der Waals surface area contributed by atoms with E-state index in [1.165, 1.54) is 12.8 Å². The van der Waals surface area contributed by atoms with E-state index >= 15 is 0 Å². The molecule has 0 unspecified atom stereocenters. The fourth-order valence-electron chi connectivity index (χ4n) is 1.46. The van der Waals surface area contributed by atoms with Gasteiger partial charge in [0.15, 0.2) is 0 Å². The third kappa shape index (κ3) is 5.55. The first-order chi connectivity index (χ1) is 6.74. The Balaban J connectivity index is 0.00000196. The normalized spacial score (nSPS) is 15.2. The molecule has 0 amide bonds. The van der Waals surface area contributed by atoms with Gasteiger partial charge in [-0.05, 0) is 18.8 Å². The molecule has 5 heteroatoms. The van der Waals surface area contributed by atoms with Crippen LogP contribution < -0.4 is 5.32 Å². The predicted octanol–water partition coefficient (Wildman–Crippen LogP) is 1.86. The van der Waals surface area contributed by atoms with Crippen molar-refractivity contribution in [1.29, 1.82) is 0 Å². The fourth-order valence-corrected chi connectivity index (χ4v) is 1.46. The van der Waals surface area contributed by atoms with E-state index < -0.39 is 0 Å². The minimum atomic E-state index is 0. The van der Waals surface area contributed by atoms with Gasteiger partial charge in [0, 0.05) is 6.54 Å². The molecule has 0 aromatic rings. The third-order valence-corrected chi connectivity index (χ3v) is 2.26. The van der Waals surface area contributed by atoms with Crippen molar-refractivity contribution < 1.29 is 4.84 Å². The Bertz CT molecular complexity index is 197. The first-order valence-electron chi connectivity index (χ1n) is 5.34. The van der Waals surface area contributed by atoms with Crippen LogP contribution in [0.25, 0.3) is 0 Å². The van der Waals surface area contributed by atoms with Gasteiger partial charge in [0.25, 0.3) is 0 Å². The van der Waals surface area contributed by atoms with Gasteiger partial charge < -0.3 is 5.32 Å². The van der Waals surface area contributed by atoms with Crippen LogP contribution >= 0.6 is 24.0 Å². The van der Waals surface area contributed by atoms with E-state index in [1.54, 1.807) is 12.2 Å². The standard InChI is InChI=1S/C10H21N3O.HI/c1-9(2)5-4-6-11-10-12-7-8-13(10)14-3;/h9H,4-8H2,1-3H3,(H,11,12);1H. The maximum absolute atomic E-state index is 5.14. The average Bonchev–Trinajstić information content (AvgIpc) is 2.59. The molecule has 0 spiro atoms. The minimum Gasteiger partial charge on any atom is -0.354 e. The lowest BCUT2D eigenvalue weighted by atomic mass is 10.1. The van der Waals surface area contributed by atoms with Crippen molar-refractivity contribution in [3.63, 3.8) is 0 Å². The molecule has 0 fully saturated rings. The van der Waals surface area contributed by atoms with Crippen molar-refractivity contribution in [2.24, 2.45) is 10.9 Å². The maximum Gasteiger partial charge on any atom is 0.218 e. The van der Waals surface area contributed by atoms with Gasteiger partial charge in [-0.15, -0.1) is 24.0 Å². The summed E-state index contributed by atoms with van der Waals surface area (Å²) < 4.78 is 0. The van der Waals surface area contributed by atoms with Crippen LogP contribution in [0.3, 0.4) is 0 Å². The molecule has 0 saturated heterocycles. The van der Waals surface area contributed by atoms with E-state index in [9.17, 15) is 0 Å². The number of aliphatic imine (C=N–C) groups is 1. The van der Waals surface area contributed by atoms with Crippen LogP contribution in [0.1, 0.15) is 26.7 Å². The van der Waals surface area contributed by atoms with Gasteiger partial charge in [-0.2, -0.15) is 0 Å². The third-order valence-electron chi connectivity index (χ3n) is 2.26. The highest BCUT2D eigenvalue weighted by atomic mass is 127. The van der Waals surface area contributed by atoms with Crippen LogP contribution in [-0.4, -0.2) is 37.8 Å². The van der Waals surface area contributed by atoms with Crippen molar-refractivity contribution in [1.82, 2.24) is 10.4 Å². The number of hydrogen-bond donors (Lipinski definition) is 1. The molecule has 0 aliphatic carbocycles. The van der Waals surface area contributed by atoms with Crippen LogP contribution in [-0.2, 0) is 4.84 Å². The zero-order valence-electron chi connectivity index (χ0n) is 9.82. The highest BCUT2D eigenvalue weighted by Crippen LogP contribution is 2.03. The maximum atomic E-state index is 5.14. The lowest BCUT2D eigenvalue weighted by molar-refractivity contribution is -0.0581. The quantitative estimate of drug-likeness (QED) is 0.619. The largest absolute Gasteiger partial charge is 0.354 e. The average molecular weight is 327 g/mol. The molecule has 0 bridgehead atoms. The molecule has 0 saturated carbocycles. The molecule has 0 atom stereocenters. The summed E-state index contributed by atoms with van der Waals surface area (Å²) in [6.45, 7) is 7.17. The van der Waals surface area contributed by atoms with Crippen molar-refractivity contribution in [3.8, 4) is 0 Å². The minimum absolute atomic E-state index is 0. The number of halogens is 1. The van der Waals surface area contributed by atoms with Crippen molar-refractivity contribution >= 4 is 29.9 Å². The Morgan fingerprint density at radius 1 is 1.53 bits per heavy atom. The van der Waals surface area contributed by atoms with Crippen LogP contribution in [0, 0.1) is 5.92 Å². The summed E-state index contributed by atoms with van der Waals surface area (Å²) in [4.78, 5) is 9.45. The first-order valence-corrected chi connectivity index (χ1v) is 5.34. The molecule has 0 aromatic carbocycles. The molecule has 0 aromatic heterocycles. The summed E-state index contributed by atoms with van der Waals surface area (Å²) in [6.07, 6.45) is 2.45. The van der Waals surface area contributed by atoms with Gasteiger partial charge in [-0.25, -0.2) is 10.1 Å². The second kappa shape index (κ2) is 8.15. The molecule has 1 N–H and O–H groups in total. The van der Waals surface area contributed by atoms with E-state index in [-0.39, 0.29) is 24.0 Å². The molecule has 15 heavy (non-hydrogen) atoms. The fraction of sp³-hybridized carbons (Fsp3) is 0.900. The summed E-state index contributed by atoms with van der Waals surface area (Å²) in [5.74, 6) is 1.66. The zero-order chi connectivity index (χ0) is 10.4. The summed E-state index contributed by atoms with van der Waals surface area (Å²) in [5, 5.41) is 5.09. The number of nitrogens with zero attached hydrogens (tertiary/aromatic N) is 2.